The van der Waals surface area contributed by atoms with Gasteiger partial charge in [-0.15, -0.1) is 0 Å². The molecule has 15 unspecified atom stereocenters. The highest BCUT2D eigenvalue weighted by atomic mass is 16.8. The highest BCUT2D eigenvalue weighted by molar-refractivity contribution is 5.25. The van der Waals surface area contributed by atoms with Crippen LogP contribution >= 0.6 is 0 Å². The zero-order chi connectivity index (χ0) is 32.9. The van der Waals surface area contributed by atoms with Crippen molar-refractivity contribution in [2.75, 3.05) is 13.2 Å². The lowest BCUT2D eigenvalue weighted by Crippen LogP contribution is -2.55. The average Bonchev–Trinajstić information content (AvgIpc) is 3.26. The zero-order valence-corrected chi connectivity index (χ0v) is 31.2. The van der Waals surface area contributed by atoms with Crippen molar-refractivity contribution in [1.82, 2.24) is 0 Å². The van der Waals surface area contributed by atoms with E-state index in [-0.39, 0.29) is 36.0 Å². The molecule has 0 aromatic rings. The van der Waals surface area contributed by atoms with Crippen LogP contribution in [0.2, 0.25) is 0 Å². The molecule has 0 bridgehead atoms. The number of fused-ring (bicyclic) bond motifs is 5. The lowest BCUT2D eigenvalue weighted by atomic mass is 9.45. The van der Waals surface area contributed by atoms with Crippen molar-refractivity contribution < 1.29 is 23.7 Å². The second kappa shape index (κ2) is 12.3. The Hall–Kier alpha value is -0.460. The summed E-state index contributed by atoms with van der Waals surface area (Å²) in [6, 6.07) is 0. The molecule has 8 rings (SSSR count). The van der Waals surface area contributed by atoms with Gasteiger partial charge in [-0.05, 0) is 129 Å². The number of ether oxygens (including phenoxy) is 5. The maximum Gasteiger partial charge on any atom is 0.171 e. The first-order chi connectivity index (χ1) is 22.4. The quantitative estimate of drug-likeness (QED) is 0.278. The monoisotopic (exact) mass is 653 g/mol. The molecular weight excluding hydrogens is 584 g/mol. The predicted octanol–water partition coefficient (Wildman–Crippen LogP) is 9.78. The summed E-state index contributed by atoms with van der Waals surface area (Å²) in [5.41, 5.74) is 2.26. The molecule has 47 heavy (non-hydrogen) atoms. The third-order valence-corrected chi connectivity index (χ3v) is 17.0. The largest absolute Gasteiger partial charge is 0.349 e. The SMILES string of the molecule is CC1CCC2(OC1)OCC1C3CC=C4CC(OC5OC6OC(C)CCC7C6C(CC[C@H]7C)C5C)CCC4(C)C3CC[C@]1(C)C(C)[C@@H]2C. The highest BCUT2D eigenvalue weighted by Crippen LogP contribution is 2.65. The Morgan fingerprint density at radius 2 is 1.51 bits per heavy atom. The molecule has 0 aromatic heterocycles. The van der Waals surface area contributed by atoms with E-state index in [2.05, 4.69) is 61.5 Å². The molecule has 0 aromatic carbocycles. The minimum atomic E-state index is -0.383. The molecule has 7 fully saturated rings. The normalized spacial score (nSPS) is 57.8. The van der Waals surface area contributed by atoms with E-state index < -0.39 is 0 Å². The van der Waals surface area contributed by atoms with E-state index in [9.17, 15) is 0 Å². The summed E-state index contributed by atoms with van der Waals surface area (Å²) in [5, 5.41) is 0. The van der Waals surface area contributed by atoms with Crippen molar-refractivity contribution >= 4 is 0 Å². The van der Waals surface area contributed by atoms with E-state index in [4.69, 9.17) is 23.7 Å². The van der Waals surface area contributed by atoms with Crippen molar-refractivity contribution in [3.63, 3.8) is 0 Å². The Balaban J connectivity index is 0.978. The molecule has 0 amide bonds. The molecule has 8 aliphatic rings. The molecule has 4 saturated heterocycles. The van der Waals surface area contributed by atoms with E-state index in [0.717, 1.165) is 56.7 Å². The van der Waals surface area contributed by atoms with Gasteiger partial charge in [-0.2, -0.15) is 0 Å². The van der Waals surface area contributed by atoms with Crippen LogP contribution in [0.4, 0.5) is 0 Å². The molecule has 18 atom stereocenters. The van der Waals surface area contributed by atoms with Crippen LogP contribution in [-0.4, -0.2) is 43.8 Å². The van der Waals surface area contributed by atoms with Crippen molar-refractivity contribution in [2.24, 2.45) is 75.9 Å². The summed E-state index contributed by atoms with van der Waals surface area (Å²) < 4.78 is 34.2. The summed E-state index contributed by atoms with van der Waals surface area (Å²) in [6.45, 7) is 21.4. The Morgan fingerprint density at radius 3 is 2.30 bits per heavy atom. The minimum absolute atomic E-state index is 0.0973. The van der Waals surface area contributed by atoms with Crippen molar-refractivity contribution in [3.05, 3.63) is 11.6 Å². The second-order valence-electron chi connectivity index (χ2n) is 19.2. The molecule has 4 aliphatic heterocycles. The Kier molecular flexibility index (Phi) is 8.85. The molecule has 1 spiro atoms. The van der Waals surface area contributed by atoms with Crippen LogP contribution in [0.1, 0.15) is 132 Å². The molecule has 4 heterocycles. The second-order valence-corrected chi connectivity index (χ2v) is 19.2. The van der Waals surface area contributed by atoms with Gasteiger partial charge in [0.1, 0.15) is 0 Å². The fraction of sp³-hybridized carbons (Fsp3) is 0.952. The molecule has 3 saturated carbocycles. The van der Waals surface area contributed by atoms with Crippen molar-refractivity contribution in [1.29, 1.82) is 0 Å². The summed E-state index contributed by atoms with van der Waals surface area (Å²) >= 11 is 0. The molecule has 5 heteroatoms. The first-order valence-corrected chi connectivity index (χ1v) is 20.4. The van der Waals surface area contributed by atoms with Gasteiger partial charge < -0.3 is 23.7 Å². The molecule has 0 radical (unpaired) electrons. The van der Waals surface area contributed by atoms with Gasteiger partial charge in [-0.25, -0.2) is 0 Å². The lowest BCUT2D eigenvalue weighted by Gasteiger charge is -2.60. The van der Waals surface area contributed by atoms with E-state index >= 15 is 0 Å². The maximum absolute atomic E-state index is 7.06. The summed E-state index contributed by atoms with van der Waals surface area (Å²) in [4.78, 5) is 0. The smallest absolute Gasteiger partial charge is 0.171 e. The fourth-order valence-corrected chi connectivity index (χ4v) is 13.4. The fourth-order valence-electron chi connectivity index (χ4n) is 13.4. The van der Waals surface area contributed by atoms with Crippen LogP contribution in [0, 0.1) is 75.9 Å². The molecule has 5 nitrogen and oxygen atoms in total. The third-order valence-electron chi connectivity index (χ3n) is 17.0. The van der Waals surface area contributed by atoms with Gasteiger partial charge >= 0.3 is 0 Å². The van der Waals surface area contributed by atoms with Crippen LogP contribution in [0.25, 0.3) is 0 Å². The van der Waals surface area contributed by atoms with Crippen molar-refractivity contribution in [3.8, 4) is 0 Å². The Labute approximate surface area is 287 Å². The van der Waals surface area contributed by atoms with Crippen LogP contribution < -0.4 is 0 Å². The van der Waals surface area contributed by atoms with E-state index in [1.807, 2.05) is 0 Å². The Bertz CT molecular complexity index is 1180. The van der Waals surface area contributed by atoms with Crippen LogP contribution in [0.3, 0.4) is 0 Å². The minimum Gasteiger partial charge on any atom is -0.349 e. The third kappa shape index (κ3) is 5.39. The summed E-state index contributed by atoms with van der Waals surface area (Å²) in [6.07, 6.45) is 17.6. The van der Waals surface area contributed by atoms with Gasteiger partial charge in [-0.1, -0.05) is 66.5 Å². The molecular formula is C42H68O5. The number of hydrogen-bond donors (Lipinski definition) is 0. The van der Waals surface area contributed by atoms with Gasteiger partial charge in [0.2, 0.25) is 0 Å². The van der Waals surface area contributed by atoms with Crippen LogP contribution in [0.5, 0.6) is 0 Å². The summed E-state index contributed by atoms with van der Waals surface area (Å²) in [7, 11) is 0. The zero-order valence-electron chi connectivity index (χ0n) is 31.2. The first-order valence-electron chi connectivity index (χ1n) is 20.4. The van der Waals surface area contributed by atoms with Gasteiger partial charge in [0.05, 0.1) is 25.4 Å². The molecule has 266 valence electrons. The molecule has 0 N–H and O–H groups in total. The summed E-state index contributed by atoms with van der Waals surface area (Å²) in [5.74, 6) is 6.42. The van der Waals surface area contributed by atoms with Gasteiger partial charge in [0, 0.05) is 24.2 Å². The number of allylic oxidation sites excluding steroid dienone is 1. The maximum atomic E-state index is 7.06. The van der Waals surface area contributed by atoms with E-state index in [0.29, 0.717) is 52.8 Å². The van der Waals surface area contributed by atoms with Gasteiger partial charge in [-0.3, -0.25) is 0 Å². The Morgan fingerprint density at radius 1 is 0.723 bits per heavy atom. The molecule has 4 aliphatic carbocycles. The highest BCUT2D eigenvalue weighted by Gasteiger charge is 2.61. The lowest BCUT2D eigenvalue weighted by molar-refractivity contribution is -0.343. The number of rotatable bonds is 2. The van der Waals surface area contributed by atoms with Crippen molar-refractivity contribution in [2.45, 2.75) is 163 Å². The number of hydrogen-bond acceptors (Lipinski definition) is 5. The van der Waals surface area contributed by atoms with E-state index in [1.54, 1.807) is 5.57 Å². The van der Waals surface area contributed by atoms with Gasteiger partial charge in [0.25, 0.3) is 0 Å². The van der Waals surface area contributed by atoms with Crippen LogP contribution in [-0.2, 0) is 23.7 Å². The van der Waals surface area contributed by atoms with Crippen LogP contribution in [0.15, 0.2) is 11.6 Å². The van der Waals surface area contributed by atoms with Gasteiger partial charge in [0.15, 0.2) is 18.4 Å². The predicted molar refractivity (Wildman–Crippen MR) is 185 cm³/mol. The standard InChI is InChI=1S/C42H68O5/c1-24-15-20-42(43-22-24)29(6)28(5)40(7)19-17-35-34(36(40)23-44-42)14-11-30-21-31(16-18-41(30,35)8)46-38-27(4)33-12-9-25(2)32-13-10-26(3)45-39(47-38)37(32)33/h11,24-29,31-39H,9-10,12-23H2,1-8H3/t24?,25-,26?,27?,28?,29+,31?,32?,33?,34?,35?,36?,37?,38?,39?,40-,41?,42?/m1/s1. The topological polar surface area (TPSA) is 46.2 Å². The first kappa shape index (κ1) is 33.7. The average molecular weight is 653 g/mol. The van der Waals surface area contributed by atoms with E-state index in [1.165, 1.54) is 51.4 Å².